The third-order valence-electron chi connectivity index (χ3n) is 3.67. The van der Waals surface area contributed by atoms with Crippen molar-refractivity contribution < 1.29 is 4.79 Å². The number of fused-ring (bicyclic) bond motifs is 1. The molecule has 130 valence electrons. The molecule has 0 atom stereocenters. The number of rotatable bonds is 6. The van der Waals surface area contributed by atoms with Crippen molar-refractivity contribution in [1.29, 1.82) is 0 Å². The van der Waals surface area contributed by atoms with E-state index in [1.165, 1.54) is 18.0 Å². The van der Waals surface area contributed by atoms with Crippen molar-refractivity contribution in [3.05, 3.63) is 46.4 Å². The zero-order valence-corrected chi connectivity index (χ0v) is 14.9. The molecule has 1 aromatic carbocycles. The van der Waals surface area contributed by atoms with Crippen molar-refractivity contribution >= 4 is 28.7 Å². The average molecular weight is 357 g/mol. The van der Waals surface area contributed by atoms with Crippen LogP contribution < -0.4 is 10.9 Å². The Hall–Kier alpha value is -2.61. The Morgan fingerprint density at radius 3 is 2.92 bits per heavy atom. The maximum Gasteiger partial charge on any atom is 0.262 e. The van der Waals surface area contributed by atoms with Crippen molar-refractivity contribution in [2.75, 3.05) is 12.3 Å². The maximum atomic E-state index is 12.3. The van der Waals surface area contributed by atoms with Gasteiger partial charge in [0.05, 0.1) is 17.6 Å². The van der Waals surface area contributed by atoms with E-state index < -0.39 is 0 Å². The Balaban J connectivity index is 1.92. The molecule has 0 saturated carbocycles. The number of para-hydroxylation sites is 1. The average Bonchev–Trinajstić information content (AvgIpc) is 3.03. The van der Waals surface area contributed by atoms with Crippen LogP contribution in [-0.2, 0) is 4.79 Å². The highest BCUT2D eigenvalue weighted by atomic mass is 32.2. The van der Waals surface area contributed by atoms with Crippen LogP contribution in [0.1, 0.15) is 18.9 Å². The first-order valence-corrected chi connectivity index (χ1v) is 9.02. The van der Waals surface area contributed by atoms with E-state index in [-0.39, 0.29) is 17.2 Å². The lowest BCUT2D eigenvalue weighted by Gasteiger charge is -2.07. The fraction of sp³-hybridized carbons (Fsp3) is 0.294. The number of aryl methyl sites for hydroxylation is 1. The van der Waals surface area contributed by atoms with Gasteiger partial charge in [-0.2, -0.15) is 5.10 Å². The fourth-order valence-electron chi connectivity index (χ4n) is 2.39. The lowest BCUT2D eigenvalue weighted by atomic mass is 10.2. The molecule has 2 N–H and O–H groups in total. The summed E-state index contributed by atoms with van der Waals surface area (Å²) in [5.74, 6) is 0.120. The summed E-state index contributed by atoms with van der Waals surface area (Å²) in [4.78, 5) is 31.2. The van der Waals surface area contributed by atoms with E-state index >= 15 is 0 Å². The minimum Gasteiger partial charge on any atom is -0.355 e. The first-order valence-electron chi connectivity index (χ1n) is 8.03. The van der Waals surface area contributed by atoms with Crippen molar-refractivity contribution in [1.82, 2.24) is 25.1 Å². The zero-order chi connectivity index (χ0) is 17.8. The minimum atomic E-state index is -0.263. The van der Waals surface area contributed by atoms with E-state index in [0.717, 1.165) is 17.7 Å². The summed E-state index contributed by atoms with van der Waals surface area (Å²) in [6.45, 7) is 4.61. The smallest absolute Gasteiger partial charge is 0.262 e. The van der Waals surface area contributed by atoms with Crippen molar-refractivity contribution in [2.45, 2.75) is 25.4 Å². The Morgan fingerprint density at radius 1 is 1.36 bits per heavy atom. The van der Waals surface area contributed by atoms with Crippen LogP contribution in [0.3, 0.4) is 0 Å². The number of H-pyrrole nitrogens is 1. The molecule has 0 spiro atoms. The largest absolute Gasteiger partial charge is 0.355 e. The topological polar surface area (TPSA) is 92.7 Å². The predicted molar refractivity (Wildman–Crippen MR) is 98.2 cm³/mol. The molecule has 2 aromatic heterocycles. The van der Waals surface area contributed by atoms with Gasteiger partial charge in [0.15, 0.2) is 10.8 Å². The quantitative estimate of drug-likeness (QED) is 0.520. The highest BCUT2D eigenvalue weighted by Gasteiger charge is 2.13. The number of aromatic amines is 1. The number of carbonyl (C=O) groups is 1. The molecule has 0 aliphatic carbocycles. The number of hydrogen-bond acceptors (Lipinski definition) is 5. The summed E-state index contributed by atoms with van der Waals surface area (Å²) in [6, 6.07) is 7.76. The van der Waals surface area contributed by atoms with Crippen LogP contribution in [0, 0.1) is 6.92 Å². The number of amides is 1. The number of aromatic nitrogens is 4. The van der Waals surface area contributed by atoms with E-state index in [1.807, 2.05) is 38.1 Å². The molecular formula is C17H19N5O2S. The fourth-order valence-corrected chi connectivity index (χ4v) is 3.08. The summed E-state index contributed by atoms with van der Waals surface area (Å²) in [5.41, 5.74) is 2.12. The van der Waals surface area contributed by atoms with Crippen LogP contribution >= 0.6 is 11.8 Å². The second-order valence-corrected chi connectivity index (χ2v) is 6.55. The van der Waals surface area contributed by atoms with Gasteiger partial charge < -0.3 is 10.3 Å². The van der Waals surface area contributed by atoms with Crippen LogP contribution in [-0.4, -0.2) is 38.0 Å². The first-order chi connectivity index (χ1) is 12.1. The normalized spacial score (nSPS) is 11.0. The number of nitrogens with zero attached hydrogens (tertiary/aromatic N) is 3. The molecule has 3 rings (SSSR count). The van der Waals surface area contributed by atoms with E-state index in [9.17, 15) is 9.59 Å². The van der Waals surface area contributed by atoms with Gasteiger partial charge in [0.2, 0.25) is 5.91 Å². The molecule has 0 aliphatic heterocycles. The number of hydrogen-bond donors (Lipinski definition) is 2. The highest BCUT2D eigenvalue weighted by molar-refractivity contribution is 7.99. The van der Waals surface area contributed by atoms with Crippen LogP contribution in [0.25, 0.3) is 16.7 Å². The van der Waals surface area contributed by atoms with Gasteiger partial charge in [-0.3, -0.25) is 9.59 Å². The second kappa shape index (κ2) is 7.52. The summed E-state index contributed by atoms with van der Waals surface area (Å²) in [7, 11) is 0. The number of carbonyl (C=O) groups excluding carboxylic acids is 1. The van der Waals surface area contributed by atoms with Crippen LogP contribution in [0.4, 0.5) is 0 Å². The van der Waals surface area contributed by atoms with E-state index in [0.29, 0.717) is 22.7 Å². The Kier molecular flexibility index (Phi) is 5.18. The molecule has 0 saturated heterocycles. The van der Waals surface area contributed by atoms with Gasteiger partial charge in [-0.15, -0.1) is 0 Å². The summed E-state index contributed by atoms with van der Waals surface area (Å²) in [5, 5.41) is 7.93. The molecule has 0 bridgehead atoms. The molecule has 3 aromatic rings. The predicted octanol–water partition coefficient (Wildman–Crippen LogP) is 2.04. The van der Waals surface area contributed by atoms with E-state index in [1.54, 1.807) is 4.68 Å². The standard InChI is InChI=1S/C17H19N5O2S/c1-3-8-18-14(23)10-25-17-20-15-12(16(24)21-17)9-19-22(15)13-7-5-4-6-11(13)2/h4-7,9H,3,8,10H2,1-2H3,(H,18,23)(H,20,21,24). The molecule has 2 heterocycles. The molecule has 0 radical (unpaired) electrons. The molecule has 7 nitrogen and oxygen atoms in total. The van der Waals surface area contributed by atoms with Crippen molar-refractivity contribution in [3.63, 3.8) is 0 Å². The zero-order valence-electron chi connectivity index (χ0n) is 14.1. The third kappa shape index (κ3) is 3.74. The molecule has 0 fully saturated rings. The molecule has 1 amide bonds. The summed E-state index contributed by atoms with van der Waals surface area (Å²) in [6.07, 6.45) is 2.39. The monoisotopic (exact) mass is 357 g/mol. The van der Waals surface area contributed by atoms with Crippen molar-refractivity contribution in [3.8, 4) is 5.69 Å². The lowest BCUT2D eigenvalue weighted by molar-refractivity contribution is -0.118. The third-order valence-corrected chi connectivity index (χ3v) is 4.55. The Labute approximate surface area is 148 Å². The van der Waals surface area contributed by atoms with E-state index in [2.05, 4.69) is 20.4 Å². The Morgan fingerprint density at radius 2 is 2.16 bits per heavy atom. The summed E-state index contributed by atoms with van der Waals surface area (Å²) >= 11 is 1.20. The molecule has 0 aliphatic rings. The van der Waals surface area contributed by atoms with Gasteiger partial charge in [-0.05, 0) is 25.0 Å². The Bertz CT molecular complexity index is 963. The van der Waals surface area contributed by atoms with Gasteiger partial charge in [0.1, 0.15) is 5.39 Å². The van der Waals surface area contributed by atoms with Crippen LogP contribution in [0.15, 0.2) is 40.4 Å². The maximum absolute atomic E-state index is 12.3. The van der Waals surface area contributed by atoms with Crippen LogP contribution in [0.2, 0.25) is 0 Å². The van der Waals surface area contributed by atoms with Gasteiger partial charge in [0.25, 0.3) is 5.56 Å². The van der Waals surface area contributed by atoms with Crippen molar-refractivity contribution in [2.24, 2.45) is 0 Å². The van der Waals surface area contributed by atoms with Gasteiger partial charge in [0, 0.05) is 6.54 Å². The van der Waals surface area contributed by atoms with Gasteiger partial charge in [-0.1, -0.05) is 36.9 Å². The number of benzene rings is 1. The van der Waals surface area contributed by atoms with E-state index in [4.69, 9.17) is 0 Å². The SMILES string of the molecule is CCCNC(=O)CSc1nc2c(cnn2-c2ccccc2C)c(=O)[nH]1. The minimum absolute atomic E-state index is 0.0815. The van der Waals surface area contributed by atoms with Crippen LogP contribution in [0.5, 0.6) is 0 Å². The first kappa shape index (κ1) is 17.2. The molecule has 8 heteroatoms. The summed E-state index contributed by atoms with van der Waals surface area (Å²) < 4.78 is 1.65. The highest BCUT2D eigenvalue weighted by Crippen LogP contribution is 2.19. The van der Waals surface area contributed by atoms with Gasteiger partial charge >= 0.3 is 0 Å². The molecular weight excluding hydrogens is 338 g/mol. The van der Waals surface area contributed by atoms with Gasteiger partial charge in [-0.25, -0.2) is 9.67 Å². The molecule has 0 unspecified atom stereocenters. The number of nitrogens with one attached hydrogen (secondary N) is 2. The number of thioether (sulfide) groups is 1. The molecule has 25 heavy (non-hydrogen) atoms. The lowest BCUT2D eigenvalue weighted by Crippen LogP contribution is -2.25. The second-order valence-electron chi connectivity index (χ2n) is 5.59.